The van der Waals surface area contributed by atoms with Crippen LogP contribution in [0.25, 0.3) is 0 Å². The van der Waals surface area contributed by atoms with E-state index in [4.69, 9.17) is 0 Å². The molecule has 26 heavy (non-hydrogen) atoms. The predicted octanol–water partition coefficient (Wildman–Crippen LogP) is 4.14. The first-order valence-electron chi connectivity index (χ1n) is 8.77. The molecular formula is C21H26N2O2S. The smallest absolute Gasteiger partial charge is 0.243 e. The molecule has 1 N–H and O–H groups in total. The second kappa shape index (κ2) is 9.43. The number of hydrogen-bond acceptors (Lipinski definition) is 3. The van der Waals surface area contributed by atoms with Gasteiger partial charge in [0.2, 0.25) is 11.8 Å². The zero-order valence-corrected chi connectivity index (χ0v) is 16.6. The number of carbonyl (C=O) groups excluding carboxylic acids is 2. The molecule has 2 aromatic carbocycles. The minimum atomic E-state index is -0.253. The molecular weight excluding hydrogens is 344 g/mol. The molecule has 0 saturated heterocycles. The van der Waals surface area contributed by atoms with Crippen molar-refractivity contribution in [2.75, 3.05) is 18.9 Å². The van der Waals surface area contributed by atoms with Crippen LogP contribution in [-0.2, 0) is 16.0 Å². The summed E-state index contributed by atoms with van der Waals surface area (Å²) in [6.45, 7) is 5.99. The molecule has 0 bridgehead atoms. The van der Waals surface area contributed by atoms with Crippen molar-refractivity contribution < 1.29 is 9.59 Å². The van der Waals surface area contributed by atoms with Crippen LogP contribution in [0.2, 0.25) is 0 Å². The maximum absolute atomic E-state index is 12.6. The Morgan fingerprint density at radius 3 is 2.46 bits per heavy atom. The lowest BCUT2D eigenvalue weighted by molar-refractivity contribution is -0.132. The number of para-hydroxylation sites is 1. The van der Waals surface area contributed by atoms with E-state index in [2.05, 4.69) is 5.32 Å². The van der Waals surface area contributed by atoms with Gasteiger partial charge in [-0.15, -0.1) is 11.8 Å². The van der Waals surface area contributed by atoms with E-state index in [-0.39, 0.29) is 23.6 Å². The number of likely N-dealkylation sites (N-methyl/N-ethyl adjacent to an activating group) is 1. The second-order valence-corrected chi connectivity index (χ2v) is 7.66. The highest BCUT2D eigenvalue weighted by molar-refractivity contribution is 8.00. The van der Waals surface area contributed by atoms with E-state index in [1.165, 1.54) is 16.7 Å². The summed E-state index contributed by atoms with van der Waals surface area (Å²) < 4.78 is 0. The Morgan fingerprint density at radius 2 is 1.77 bits per heavy atom. The Bertz CT molecular complexity index is 776. The van der Waals surface area contributed by atoms with Gasteiger partial charge in [-0.3, -0.25) is 9.59 Å². The van der Waals surface area contributed by atoms with Crippen molar-refractivity contribution in [3.05, 3.63) is 59.7 Å². The van der Waals surface area contributed by atoms with Crippen LogP contribution in [0.3, 0.4) is 0 Å². The van der Waals surface area contributed by atoms with Gasteiger partial charge in [0.15, 0.2) is 0 Å². The summed E-state index contributed by atoms with van der Waals surface area (Å²) in [5.41, 5.74) is 3.04. The third kappa shape index (κ3) is 5.36. The van der Waals surface area contributed by atoms with Crippen LogP contribution in [0, 0.1) is 6.92 Å². The third-order valence-electron chi connectivity index (χ3n) is 4.17. The zero-order valence-electron chi connectivity index (χ0n) is 15.8. The average Bonchev–Trinajstić information content (AvgIpc) is 2.63. The first-order chi connectivity index (χ1) is 12.4. The molecule has 0 aliphatic carbocycles. The Kier molecular flexibility index (Phi) is 7.27. The van der Waals surface area contributed by atoms with Gasteiger partial charge in [0.05, 0.1) is 11.8 Å². The molecule has 0 aliphatic rings. The Morgan fingerprint density at radius 1 is 1.12 bits per heavy atom. The van der Waals surface area contributed by atoms with Gasteiger partial charge in [-0.2, -0.15) is 0 Å². The first-order valence-corrected chi connectivity index (χ1v) is 9.65. The summed E-state index contributed by atoms with van der Waals surface area (Å²) in [5, 5.41) is 2.65. The van der Waals surface area contributed by atoms with Crippen molar-refractivity contribution >= 4 is 29.3 Å². The molecule has 0 aromatic heterocycles. The maximum atomic E-state index is 12.6. The topological polar surface area (TPSA) is 49.4 Å². The summed E-state index contributed by atoms with van der Waals surface area (Å²) in [6.07, 6.45) is 0.843. The fourth-order valence-corrected chi connectivity index (χ4v) is 3.75. The van der Waals surface area contributed by atoms with Crippen molar-refractivity contribution in [1.29, 1.82) is 0 Å². The summed E-state index contributed by atoms with van der Waals surface area (Å²) >= 11 is 1.52. The van der Waals surface area contributed by atoms with E-state index >= 15 is 0 Å². The lowest BCUT2D eigenvalue weighted by Crippen LogP contribution is -2.39. The van der Waals surface area contributed by atoms with Crippen molar-refractivity contribution in [2.24, 2.45) is 0 Å². The van der Waals surface area contributed by atoms with Crippen LogP contribution in [0.1, 0.15) is 25.0 Å². The standard InChI is InChI=1S/C21H26N2O2S/c1-5-17-11-7-8-12-18(17)22-20(24)14-23(4)21(25)16(3)26-19-13-9-6-10-15(19)2/h6-13,16H,5,14H2,1-4H3,(H,22,24). The van der Waals surface area contributed by atoms with Crippen LogP contribution in [0.4, 0.5) is 5.69 Å². The fourth-order valence-electron chi connectivity index (χ4n) is 2.67. The van der Waals surface area contributed by atoms with Gasteiger partial charge >= 0.3 is 0 Å². The number of carbonyl (C=O) groups is 2. The van der Waals surface area contributed by atoms with Crippen LogP contribution < -0.4 is 5.32 Å². The number of anilines is 1. The monoisotopic (exact) mass is 370 g/mol. The minimum absolute atomic E-state index is 0.0373. The molecule has 2 amide bonds. The predicted molar refractivity (Wildman–Crippen MR) is 109 cm³/mol. The maximum Gasteiger partial charge on any atom is 0.243 e. The highest BCUT2D eigenvalue weighted by Crippen LogP contribution is 2.27. The molecule has 0 saturated carbocycles. The van der Waals surface area contributed by atoms with Gasteiger partial charge in [0.1, 0.15) is 0 Å². The summed E-state index contributed by atoms with van der Waals surface area (Å²) in [4.78, 5) is 27.5. The Hall–Kier alpha value is -2.27. The highest BCUT2D eigenvalue weighted by Gasteiger charge is 2.21. The first kappa shape index (κ1) is 20.0. The third-order valence-corrected chi connectivity index (χ3v) is 5.44. The van der Waals surface area contributed by atoms with E-state index in [1.807, 2.05) is 69.3 Å². The van der Waals surface area contributed by atoms with E-state index < -0.39 is 0 Å². The van der Waals surface area contributed by atoms with Crippen LogP contribution in [0.15, 0.2) is 53.4 Å². The number of hydrogen-bond donors (Lipinski definition) is 1. The number of thioether (sulfide) groups is 1. The molecule has 0 heterocycles. The Balaban J connectivity index is 1.93. The molecule has 1 unspecified atom stereocenters. The number of amides is 2. The van der Waals surface area contributed by atoms with Gasteiger partial charge < -0.3 is 10.2 Å². The van der Waals surface area contributed by atoms with Gasteiger partial charge in [0.25, 0.3) is 0 Å². The van der Waals surface area contributed by atoms with Crippen molar-refractivity contribution in [3.8, 4) is 0 Å². The number of nitrogens with zero attached hydrogens (tertiary/aromatic N) is 1. The Labute approximate surface area is 160 Å². The van der Waals surface area contributed by atoms with Gasteiger partial charge in [-0.25, -0.2) is 0 Å². The van der Waals surface area contributed by atoms with Gasteiger partial charge in [-0.05, 0) is 43.5 Å². The van der Waals surface area contributed by atoms with Crippen molar-refractivity contribution in [1.82, 2.24) is 4.90 Å². The highest BCUT2D eigenvalue weighted by atomic mass is 32.2. The normalized spacial score (nSPS) is 11.7. The molecule has 0 aliphatic heterocycles. The SMILES string of the molecule is CCc1ccccc1NC(=O)CN(C)C(=O)C(C)Sc1ccccc1C. The van der Waals surface area contributed by atoms with Crippen LogP contribution in [-0.4, -0.2) is 35.6 Å². The van der Waals surface area contributed by atoms with E-state index in [1.54, 1.807) is 7.05 Å². The molecule has 4 nitrogen and oxygen atoms in total. The molecule has 138 valence electrons. The van der Waals surface area contributed by atoms with E-state index in [0.717, 1.165) is 28.1 Å². The largest absolute Gasteiger partial charge is 0.335 e. The number of aryl methyl sites for hydroxylation is 2. The zero-order chi connectivity index (χ0) is 19.1. The minimum Gasteiger partial charge on any atom is -0.335 e. The lowest BCUT2D eigenvalue weighted by atomic mass is 10.1. The molecule has 0 spiro atoms. The van der Waals surface area contributed by atoms with Gasteiger partial charge in [-0.1, -0.05) is 43.3 Å². The molecule has 5 heteroatoms. The number of benzene rings is 2. The summed E-state index contributed by atoms with van der Waals surface area (Å²) in [6, 6.07) is 15.7. The molecule has 0 fully saturated rings. The fraction of sp³-hybridized carbons (Fsp3) is 0.333. The molecule has 0 radical (unpaired) electrons. The molecule has 2 rings (SSSR count). The lowest BCUT2D eigenvalue weighted by Gasteiger charge is -2.21. The van der Waals surface area contributed by atoms with Crippen LogP contribution in [0.5, 0.6) is 0 Å². The molecule has 2 aromatic rings. The van der Waals surface area contributed by atoms with E-state index in [9.17, 15) is 9.59 Å². The van der Waals surface area contributed by atoms with E-state index in [0.29, 0.717) is 0 Å². The molecule has 1 atom stereocenters. The van der Waals surface area contributed by atoms with Gasteiger partial charge in [0, 0.05) is 17.6 Å². The van der Waals surface area contributed by atoms with Crippen molar-refractivity contribution in [3.63, 3.8) is 0 Å². The van der Waals surface area contributed by atoms with Crippen LogP contribution >= 0.6 is 11.8 Å². The van der Waals surface area contributed by atoms with Crippen molar-refractivity contribution in [2.45, 2.75) is 37.3 Å². The second-order valence-electron chi connectivity index (χ2n) is 6.28. The summed E-state index contributed by atoms with van der Waals surface area (Å²) in [7, 11) is 1.67. The number of nitrogens with one attached hydrogen (secondary N) is 1. The quantitative estimate of drug-likeness (QED) is 0.746. The average molecular weight is 371 g/mol. The summed E-state index contributed by atoms with van der Waals surface area (Å²) in [5.74, 6) is -0.243. The number of rotatable bonds is 7.